The van der Waals surface area contributed by atoms with E-state index in [9.17, 15) is 9.59 Å². The summed E-state index contributed by atoms with van der Waals surface area (Å²) in [6.45, 7) is 10.6. The molecule has 6 heteroatoms. The van der Waals surface area contributed by atoms with Crippen LogP contribution >= 0.6 is 0 Å². The highest BCUT2D eigenvalue weighted by Gasteiger charge is 2.41. The predicted octanol–water partition coefficient (Wildman–Crippen LogP) is 3.65. The number of ether oxygens (including phenoxy) is 2. The van der Waals surface area contributed by atoms with Crippen LogP contribution in [0.5, 0.6) is 0 Å². The molecule has 0 spiro atoms. The van der Waals surface area contributed by atoms with E-state index in [2.05, 4.69) is 20.8 Å². The van der Waals surface area contributed by atoms with Crippen molar-refractivity contribution in [2.45, 2.75) is 38.9 Å². The van der Waals surface area contributed by atoms with Gasteiger partial charge < -0.3 is 13.9 Å². The van der Waals surface area contributed by atoms with Gasteiger partial charge in [0.25, 0.3) is 8.32 Å². The molecule has 0 atom stereocenters. The summed E-state index contributed by atoms with van der Waals surface area (Å²) in [7, 11) is -0.735. The summed E-state index contributed by atoms with van der Waals surface area (Å²) in [5, 5.41) is -0.101. The molecule has 0 fully saturated rings. The van der Waals surface area contributed by atoms with E-state index < -0.39 is 20.3 Å². The number of hydrogen-bond acceptors (Lipinski definition) is 5. The molecule has 1 aromatic carbocycles. The zero-order valence-corrected chi connectivity index (χ0v) is 15.8. The largest absolute Gasteiger partial charge is 0.516 e. The molecule has 0 aliphatic rings. The van der Waals surface area contributed by atoms with Gasteiger partial charge in [-0.3, -0.25) is 0 Å². The van der Waals surface area contributed by atoms with Gasteiger partial charge in [0.05, 0.1) is 17.7 Å². The van der Waals surface area contributed by atoms with E-state index in [1.807, 2.05) is 13.1 Å². The standard InChI is InChI=1S/C17H26O5Si/c1-17(2,3)23(5,6)22-16(19)14-10-8-7-9-13(14)15(18)21-12-11-20-4/h7-10H,11-12H2,1-6H3. The summed E-state index contributed by atoms with van der Waals surface area (Å²) in [4.78, 5) is 24.7. The van der Waals surface area contributed by atoms with Gasteiger partial charge in [-0.2, -0.15) is 0 Å². The fourth-order valence-corrected chi connectivity index (χ4v) is 2.45. The van der Waals surface area contributed by atoms with Crippen LogP contribution in [0.3, 0.4) is 0 Å². The Morgan fingerprint density at radius 2 is 1.52 bits per heavy atom. The predicted molar refractivity (Wildman–Crippen MR) is 91.2 cm³/mol. The molecule has 1 rings (SSSR count). The Labute approximate surface area is 139 Å². The summed E-state index contributed by atoms with van der Waals surface area (Å²) in [6.07, 6.45) is 0. The number of carbonyl (C=O) groups excluding carboxylic acids is 2. The Kier molecular flexibility index (Phi) is 6.53. The third-order valence-electron chi connectivity index (χ3n) is 4.04. The second-order valence-electron chi connectivity index (χ2n) is 6.82. The number of hydrogen-bond donors (Lipinski definition) is 0. The van der Waals surface area contributed by atoms with Gasteiger partial charge in [-0.05, 0) is 30.3 Å². The maximum Gasteiger partial charge on any atom is 0.339 e. The van der Waals surface area contributed by atoms with Gasteiger partial charge in [-0.25, -0.2) is 9.59 Å². The SMILES string of the molecule is COCCOC(=O)c1ccccc1C(=O)O[Si](C)(C)C(C)(C)C. The molecular formula is C17H26O5Si. The average Bonchev–Trinajstić information content (AvgIpc) is 2.45. The van der Waals surface area contributed by atoms with Crippen molar-refractivity contribution in [1.29, 1.82) is 0 Å². The minimum Gasteiger partial charge on any atom is -0.516 e. The highest BCUT2D eigenvalue weighted by molar-refractivity contribution is 6.75. The summed E-state index contributed by atoms with van der Waals surface area (Å²) >= 11 is 0. The lowest BCUT2D eigenvalue weighted by molar-refractivity contribution is 0.0382. The molecule has 1 aromatic rings. The second kappa shape index (κ2) is 7.74. The van der Waals surface area contributed by atoms with Crippen molar-refractivity contribution >= 4 is 20.3 Å². The Morgan fingerprint density at radius 3 is 2.00 bits per heavy atom. The first kappa shape index (κ1) is 19.4. The fourth-order valence-electron chi connectivity index (χ4n) is 1.57. The quantitative estimate of drug-likeness (QED) is 0.450. The van der Waals surface area contributed by atoms with Crippen LogP contribution in [0.2, 0.25) is 18.1 Å². The molecule has 128 valence electrons. The molecule has 5 nitrogen and oxygen atoms in total. The van der Waals surface area contributed by atoms with Crippen molar-refractivity contribution in [3.8, 4) is 0 Å². The van der Waals surface area contributed by atoms with Crippen molar-refractivity contribution < 1.29 is 23.5 Å². The third-order valence-corrected chi connectivity index (χ3v) is 8.35. The number of esters is 1. The monoisotopic (exact) mass is 338 g/mol. The molecule has 0 aromatic heterocycles. The molecule has 23 heavy (non-hydrogen) atoms. The lowest BCUT2D eigenvalue weighted by Crippen LogP contribution is -2.42. The van der Waals surface area contributed by atoms with E-state index in [1.54, 1.807) is 24.3 Å². The fraction of sp³-hybridized carbons (Fsp3) is 0.529. The number of rotatable bonds is 6. The van der Waals surface area contributed by atoms with Crippen LogP contribution in [0.4, 0.5) is 0 Å². The second-order valence-corrected chi connectivity index (χ2v) is 11.5. The molecule has 0 radical (unpaired) electrons. The lowest BCUT2D eigenvalue weighted by Gasteiger charge is -2.35. The van der Waals surface area contributed by atoms with E-state index in [1.165, 1.54) is 7.11 Å². The zero-order chi connectivity index (χ0) is 17.7. The summed E-state index contributed by atoms with van der Waals surface area (Å²) in [5.41, 5.74) is 0.451. The Bertz CT molecular complexity index is 560. The van der Waals surface area contributed by atoms with Gasteiger partial charge in [0.1, 0.15) is 6.61 Å². The first-order valence-electron chi connectivity index (χ1n) is 7.58. The highest BCUT2D eigenvalue weighted by Crippen LogP contribution is 2.37. The van der Waals surface area contributed by atoms with Crippen molar-refractivity contribution in [2.24, 2.45) is 0 Å². The van der Waals surface area contributed by atoms with Crippen LogP contribution in [0.1, 0.15) is 41.5 Å². The smallest absolute Gasteiger partial charge is 0.339 e. The molecule has 0 bridgehead atoms. The van der Waals surface area contributed by atoms with E-state index >= 15 is 0 Å². The summed E-state index contributed by atoms with van der Waals surface area (Å²) < 4.78 is 15.7. The lowest BCUT2D eigenvalue weighted by atomic mass is 10.1. The minimum atomic E-state index is -2.26. The Hall–Kier alpha value is -1.66. The summed E-state index contributed by atoms with van der Waals surface area (Å²) in [6, 6.07) is 6.55. The highest BCUT2D eigenvalue weighted by atomic mass is 28.4. The van der Waals surface area contributed by atoms with Crippen molar-refractivity contribution in [3.05, 3.63) is 35.4 Å². The zero-order valence-electron chi connectivity index (χ0n) is 14.8. The molecule has 0 unspecified atom stereocenters. The van der Waals surface area contributed by atoms with E-state index in [0.717, 1.165) is 0 Å². The molecule has 0 saturated carbocycles. The van der Waals surface area contributed by atoms with Crippen LogP contribution in [0, 0.1) is 0 Å². The molecule has 0 aliphatic heterocycles. The number of methoxy groups -OCH3 is 1. The molecule has 0 saturated heterocycles. The van der Waals surface area contributed by atoms with Crippen LogP contribution in [0.25, 0.3) is 0 Å². The minimum absolute atomic E-state index is 0.101. The van der Waals surface area contributed by atoms with Crippen molar-refractivity contribution in [3.63, 3.8) is 0 Å². The average molecular weight is 338 g/mol. The molecular weight excluding hydrogens is 312 g/mol. The van der Waals surface area contributed by atoms with E-state index in [-0.39, 0.29) is 22.8 Å². The van der Waals surface area contributed by atoms with Gasteiger partial charge in [0.2, 0.25) is 0 Å². The first-order valence-corrected chi connectivity index (χ1v) is 10.5. The van der Waals surface area contributed by atoms with Crippen LogP contribution in [-0.2, 0) is 13.9 Å². The third kappa shape index (κ3) is 5.18. The normalized spacial score (nSPS) is 11.9. The van der Waals surface area contributed by atoms with Crippen molar-refractivity contribution in [2.75, 3.05) is 20.3 Å². The van der Waals surface area contributed by atoms with Gasteiger partial charge in [-0.15, -0.1) is 0 Å². The van der Waals surface area contributed by atoms with E-state index in [4.69, 9.17) is 13.9 Å². The van der Waals surface area contributed by atoms with Gasteiger partial charge in [-0.1, -0.05) is 32.9 Å². The van der Waals surface area contributed by atoms with E-state index in [0.29, 0.717) is 6.61 Å². The molecule has 0 amide bonds. The Morgan fingerprint density at radius 1 is 1.00 bits per heavy atom. The first-order chi connectivity index (χ1) is 10.6. The van der Waals surface area contributed by atoms with Crippen LogP contribution < -0.4 is 0 Å². The number of carbonyl (C=O) groups is 2. The van der Waals surface area contributed by atoms with Gasteiger partial charge >= 0.3 is 11.9 Å². The molecule has 0 heterocycles. The Balaban J connectivity index is 2.96. The topological polar surface area (TPSA) is 61.8 Å². The van der Waals surface area contributed by atoms with Crippen LogP contribution in [-0.4, -0.2) is 40.6 Å². The number of benzene rings is 1. The molecule has 0 N–H and O–H groups in total. The molecule has 0 aliphatic carbocycles. The van der Waals surface area contributed by atoms with Gasteiger partial charge in [0, 0.05) is 7.11 Å². The maximum atomic E-state index is 12.5. The van der Waals surface area contributed by atoms with Gasteiger partial charge in [0.15, 0.2) is 0 Å². The maximum absolute atomic E-state index is 12.5. The summed E-state index contributed by atoms with van der Waals surface area (Å²) in [5.74, 6) is -1.03. The van der Waals surface area contributed by atoms with Crippen molar-refractivity contribution in [1.82, 2.24) is 0 Å². The van der Waals surface area contributed by atoms with Crippen LogP contribution in [0.15, 0.2) is 24.3 Å².